The van der Waals surface area contributed by atoms with Crippen molar-refractivity contribution in [1.29, 1.82) is 0 Å². The van der Waals surface area contributed by atoms with Gasteiger partial charge in [0.15, 0.2) is 0 Å². The number of aliphatic carboxylic acids is 1. The lowest BCUT2D eigenvalue weighted by Crippen LogP contribution is -2.32. The van der Waals surface area contributed by atoms with Crippen LogP contribution in [-0.4, -0.2) is 27.9 Å². The predicted octanol–water partition coefficient (Wildman–Crippen LogP) is 0.788. The fraction of sp³-hybridized carbons (Fsp3) is 0.429. The molecule has 1 rings (SSSR count). The zero-order chi connectivity index (χ0) is 9.68. The molecule has 0 bridgehead atoms. The van der Waals surface area contributed by atoms with E-state index < -0.39 is 12.0 Å². The molecule has 1 aromatic heterocycles. The second kappa shape index (κ2) is 5.21. The Morgan fingerprint density at radius 1 is 1.85 bits per heavy atom. The molecule has 0 saturated carbocycles. The Balaban J connectivity index is 2.18. The third-order valence-corrected chi connectivity index (χ3v) is 3.08. The summed E-state index contributed by atoms with van der Waals surface area (Å²) in [6, 6.07) is -0.774. The minimum Gasteiger partial charge on any atom is -0.480 e. The van der Waals surface area contributed by atoms with Gasteiger partial charge in [-0.25, -0.2) is 4.98 Å². The van der Waals surface area contributed by atoms with Gasteiger partial charge in [0.25, 0.3) is 0 Å². The number of carbonyl (C=O) groups is 1. The molecule has 0 radical (unpaired) electrons. The van der Waals surface area contributed by atoms with Crippen LogP contribution in [0.15, 0.2) is 10.9 Å². The maximum absolute atomic E-state index is 10.3. The first-order valence-electron chi connectivity index (χ1n) is 3.63. The van der Waals surface area contributed by atoms with E-state index >= 15 is 0 Å². The van der Waals surface area contributed by atoms with Gasteiger partial charge in [-0.05, 0) is 0 Å². The van der Waals surface area contributed by atoms with Crippen LogP contribution in [0.25, 0.3) is 0 Å². The molecule has 0 amide bonds. The first-order chi connectivity index (χ1) is 6.20. The molecule has 0 aliphatic rings. The minimum absolute atomic E-state index is 0.423. The second-order valence-electron chi connectivity index (χ2n) is 2.44. The van der Waals surface area contributed by atoms with Crippen molar-refractivity contribution >= 4 is 29.1 Å². The molecule has 3 N–H and O–H groups in total. The Hall–Kier alpha value is -0.590. The van der Waals surface area contributed by atoms with Crippen LogP contribution >= 0.6 is 23.1 Å². The van der Waals surface area contributed by atoms with E-state index in [0.29, 0.717) is 5.75 Å². The Kier molecular flexibility index (Phi) is 4.20. The molecule has 72 valence electrons. The van der Waals surface area contributed by atoms with Crippen molar-refractivity contribution < 1.29 is 9.90 Å². The van der Waals surface area contributed by atoms with Crippen LogP contribution < -0.4 is 5.73 Å². The molecular formula is C7H10N2O2S2. The molecule has 0 aliphatic heterocycles. The fourth-order valence-corrected chi connectivity index (χ4v) is 2.22. The maximum Gasteiger partial charge on any atom is 0.321 e. The van der Waals surface area contributed by atoms with Gasteiger partial charge in [0.2, 0.25) is 0 Å². The van der Waals surface area contributed by atoms with Gasteiger partial charge in [-0.15, -0.1) is 11.3 Å². The molecule has 4 nitrogen and oxygen atoms in total. The van der Waals surface area contributed by atoms with E-state index in [-0.39, 0.29) is 0 Å². The van der Waals surface area contributed by atoms with Crippen molar-refractivity contribution in [3.8, 4) is 0 Å². The number of nitrogens with zero attached hydrogens (tertiary/aromatic N) is 1. The van der Waals surface area contributed by atoms with Crippen LogP contribution in [0, 0.1) is 0 Å². The quantitative estimate of drug-likeness (QED) is 0.764. The summed E-state index contributed by atoms with van der Waals surface area (Å²) >= 11 is 3.02. The summed E-state index contributed by atoms with van der Waals surface area (Å²) in [7, 11) is 0. The molecule has 1 aromatic rings. The van der Waals surface area contributed by atoms with Gasteiger partial charge < -0.3 is 10.8 Å². The Morgan fingerprint density at radius 2 is 2.62 bits per heavy atom. The van der Waals surface area contributed by atoms with E-state index in [1.54, 1.807) is 5.51 Å². The first kappa shape index (κ1) is 10.5. The third kappa shape index (κ3) is 3.75. The summed E-state index contributed by atoms with van der Waals surface area (Å²) in [6.45, 7) is 0. The zero-order valence-corrected chi connectivity index (χ0v) is 8.48. The zero-order valence-electron chi connectivity index (χ0n) is 6.84. The van der Waals surface area contributed by atoms with Crippen molar-refractivity contribution in [3.05, 3.63) is 16.6 Å². The van der Waals surface area contributed by atoms with E-state index in [9.17, 15) is 4.79 Å². The summed E-state index contributed by atoms with van der Waals surface area (Å²) in [4.78, 5) is 14.4. The number of rotatable bonds is 5. The van der Waals surface area contributed by atoms with Crippen LogP contribution in [0.2, 0.25) is 0 Å². The number of thiazole rings is 1. The van der Waals surface area contributed by atoms with Crippen molar-refractivity contribution in [1.82, 2.24) is 4.98 Å². The van der Waals surface area contributed by atoms with Gasteiger partial charge in [0.1, 0.15) is 6.04 Å². The van der Waals surface area contributed by atoms with Crippen LogP contribution in [0.3, 0.4) is 0 Å². The number of carboxylic acids is 1. The highest BCUT2D eigenvalue weighted by atomic mass is 32.2. The largest absolute Gasteiger partial charge is 0.480 e. The number of hydrogen-bond acceptors (Lipinski definition) is 5. The van der Waals surface area contributed by atoms with Crippen molar-refractivity contribution in [3.63, 3.8) is 0 Å². The highest BCUT2D eigenvalue weighted by molar-refractivity contribution is 7.98. The van der Waals surface area contributed by atoms with Crippen molar-refractivity contribution in [2.75, 3.05) is 5.75 Å². The van der Waals surface area contributed by atoms with Crippen LogP contribution in [0.4, 0.5) is 0 Å². The molecule has 1 atom stereocenters. The van der Waals surface area contributed by atoms with Gasteiger partial charge in [0, 0.05) is 16.9 Å². The second-order valence-corrected chi connectivity index (χ2v) is 4.19. The minimum atomic E-state index is -0.953. The summed E-state index contributed by atoms with van der Waals surface area (Å²) in [6.07, 6.45) is 0. The van der Waals surface area contributed by atoms with Crippen molar-refractivity contribution in [2.24, 2.45) is 5.73 Å². The Morgan fingerprint density at radius 3 is 3.15 bits per heavy atom. The predicted molar refractivity (Wildman–Crippen MR) is 53.9 cm³/mol. The van der Waals surface area contributed by atoms with Gasteiger partial charge in [-0.2, -0.15) is 11.8 Å². The number of hydrogen-bond donors (Lipinski definition) is 2. The Labute approximate surface area is 84.2 Å². The number of thioether (sulfide) groups is 1. The standard InChI is InChI=1S/C7H10N2O2S2/c8-6(7(10)11)3-12-1-5-2-13-4-9-5/h2,4,6H,1,3,8H2,(H,10,11)/t6-/m1/s1. The smallest absolute Gasteiger partial charge is 0.321 e. The molecule has 0 saturated heterocycles. The molecule has 1 heterocycles. The van der Waals surface area contributed by atoms with E-state index in [1.165, 1.54) is 23.1 Å². The highest BCUT2D eigenvalue weighted by Gasteiger charge is 2.10. The lowest BCUT2D eigenvalue weighted by atomic mass is 10.4. The maximum atomic E-state index is 10.3. The fourth-order valence-electron chi connectivity index (χ4n) is 0.671. The number of aromatic nitrogens is 1. The molecule has 0 spiro atoms. The molecule has 0 fully saturated rings. The van der Waals surface area contributed by atoms with Crippen molar-refractivity contribution in [2.45, 2.75) is 11.8 Å². The average Bonchev–Trinajstić information content (AvgIpc) is 2.56. The first-order valence-corrected chi connectivity index (χ1v) is 5.73. The van der Waals surface area contributed by atoms with E-state index in [0.717, 1.165) is 11.4 Å². The summed E-state index contributed by atoms with van der Waals surface area (Å²) in [5.41, 5.74) is 8.05. The Bertz CT molecular complexity index is 263. The molecule has 6 heteroatoms. The monoisotopic (exact) mass is 218 g/mol. The van der Waals surface area contributed by atoms with Gasteiger partial charge in [-0.3, -0.25) is 4.79 Å². The van der Waals surface area contributed by atoms with Gasteiger partial charge >= 0.3 is 5.97 Å². The lowest BCUT2D eigenvalue weighted by molar-refractivity contribution is -0.137. The van der Waals surface area contributed by atoms with Gasteiger partial charge in [0.05, 0.1) is 11.2 Å². The normalized spacial score (nSPS) is 12.7. The van der Waals surface area contributed by atoms with E-state index in [4.69, 9.17) is 10.8 Å². The van der Waals surface area contributed by atoms with Gasteiger partial charge in [-0.1, -0.05) is 0 Å². The molecule has 13 heavy (non-hydrogen) atoms. The summed E-state index contributed by atoms with van der Waals surface area (Å²) < 4.78 is 0. The molecule has 0 unspecified atom stereocenters. The van der Waals surface area contributed by atoms with E-state index in [1.807, 2.05) is 5.38 Å². The molecule has 0 aromatic carbocycles. The summed E-state index contributed by atoms with van der Waals surface area (Å²) in [5.74, 6) is 0.197. The molecular weight excluding hydrogens is 208 g/mol. The highest BCUT2D eigenvalue weighted by Crippen LogP contribution is 2.12. The SMILES string of the molecule is N[C@H](CSCc1cscn1)C(=O)O. The third-order valence-electron chi connectivity index (χ3n) is 1.35. The topological polar surface area (TPSA) is 76.2 Å². The van der Waals surface area contributed by atoms with Crippen LogP contribution in [-0.2, 0) is 10.5 Å². The average molecular weight is 218 g/mol. The van der Waals surface area contributed by atoms with Crippen LogP contribution in [0.5, 0.6) is 0 Å². The van der Waals surface area contributed by atoms with E-state index in [2.05, 4.69) is 4.98 Å². The summed E-state index contributed by atoms with van der Waals surface area (Å²) in [5, 5.41) is 10.4. The number of carboxylic acid groups (broad SMARTS) is 1. The number of nitrogens with two attached hydrogens (primary N) is 1. The molecule has 0 aliphatic carbocycles. The lowest BCUT2D eigenvalue weighted by Gasteiger charge is -2.03. The van der Waals surface area contributed by atoms with Crippen LogP contribution in [0.1, 0.15) is 5.69 Å².